The molecule has 1 heterocycles. The van der Waals surface area contributed by atoms with Gasteiger partial charge in [0.1, 0.15) is 5.75 Å². The van der Waals surface area contributed by atoms with E-state index in [0.717, 1.165) is 35.0 Å². The molecule has 0 spiro atoms. The van der Waals surface area contributed by atoms with Gasteiger partial charge in [-0.1, -0.05) is 92.6 Å². The minimum Gasteiger partial charge on any atom is -0.443 e. The fraction of sp³-hybridized carbons (Fsp3) is 0.636. The molecular formula is C33H55N2O2P. The fourth-order valence-electron chi connectivity index (χ4n) is 5.37. The van der Waals surface area contributed by atoms with Crippen LogP contribution in [0.25, 0.3) is 0 Å². The molecule has 1 saturated heterocycles. The number of hydrogen-bond acceptors (Lipinski definition) is 4. The summed E-state index contributed by atoms with van der Waals surface area (Å²) in [7, 11) is -1.72. The number of piperidine rings is 1. The van der Waals surface area contributed by atoms with Gasteiger partial charge in [-0.3, -0.25) is 0 Å². The minimum atomic E-state index is -1.72. The standard InChI is InChI=1S/C24H35O2P.C9H20N2/c1-22(2,3)17-15-19(23(4,5)6)21(20(16-17)24(7,8)9)26-27(25)18-13-11-10-12-14-18;1-8(2)5-7(10)6-9(3,4)11-8/h10-16,25H,1-9H3;7,11H,5-6,10H2,1-4H3. The summed E-state index contributed by atoms with van der Waals surface area (Å²) in [5.41, 5.74) is 9.82. The van der Waals surface area contributed by atoms with Gasteiger partial charge in [0.05, 0.1) is 0 Å². The number of hydrogen-bond donors (Lipinski definition) is 3. The Morgan fingerprint density at radius 1 is 0.789 bits per heavy atom. The van der Waals surface area contributed by atoms with Gasteiger partial charge in [0.25, 0.3) is 8.38 Å². The van der Waals surface area contributed by atoms with Gasteiger partial charge >= 0.3 is 0 Å². The molecule has 3 rings (SSSR count). The van der Waals surface area contributed by atoms with E-state index in [1.165, 1.54) is 5.56 Å². The van der Waals surface area contributed by atoms with Crippen LogP contribution < -0.4 is 20.9 Å². The maximum atomic E-state index is 10.8. The maximum absolute atomic E-state index is 10.8. The molecule has 38 heavy (non-hydrogen) atoms. The molecule has 214 valence electrons. The zero-order valence-electron chi connectivity index (χ0n) is 26.4. The van der Waals surface area contributed by atoms with Gasteiger partial charge in [-0.2, -0.15) is 0 Å². The highest BCUT2D eigenvalue weighted by atomic mass is 31.2. The van der Waals surface area contributed by atoms with Crippen LogP contribution in [-0.4, -0.2) is 22.0 Å². The van der Waals surface area contributed by atoms with Crippen LogP contribution >= 0.6 is 8.38 Å². The summed E-state index contributed by atoms with van der Waals surface area (Å²) < 4.78 is 6.30. The molecule has 1 unspecified atom stereocenters. The summed E-state index contributed by atoms with van der Waals surface area (Å²) in [4.78, 5) is 10.8. The summed E-state index contributed by atoms with van der Waals surface area (Å²) in [6.45, 7) is 28.8. The Bertz CT molecular complexity index is 1010. The summed E-state index contributed by atoms with van der Waals surface area (Å²) >= 11 is 0. The summed E-state index contributed by atoms with van der Waals surface area (Å²) in [5, 5.41) is 4.41. The number of nitrogens with two attached hydrogens (primary N) is 1. The van der Waals surface area contributed by atoms with E-state index in [4.69, 9.17) is 10.3 Å². The summed E-state index contributed by atoms with van der Waals surface area (Å²) in [5.74, 6) is 0.834. The zero-order chi connectivity index (χ0) is 29.3. The lowest BCUT2D eigenvalue weighted by Gasteiger charge is -2.45. The van der Waals surface area contributed by atoms with E-state index in [0.29, 0.717) is 6.04 Å². The molecule has 0 amide bonds. The highest BCUT2D eigenvalue weighted by Gasteiger charge is 2.36. The van der Waals surface area contributed by atoms with Crippen LogP contribution in [-0.2, 0) is 16.2 Å². The van der Waals surface area contributed by atoms with Crippen molar-refractivity contribution in [2.75, 3.05) is 0 Å². The largest absolute Gasteiger partial charge is 0.443 e. The first-order valence-corrected chi connectivity index (χ1v) is 15.2. The van der Waals surface area contributed by atoms with Crippen molar-refractivity contribution in [3.8, 4) is 5.75 Å². The van der Waals surface area contributed by atoms with Crippen LogP contribution in [0.1, 0.15) is 120 Å². The van der Waals surface area contributed by atoms with E-state index in [9.17, 15) is 4.89 Å². The molecule has 0 bridgehead atoms. The van der Waals surface area contributed by atoms with E-state index in [1.807, 2.05) is 30.3 Å². The van der Waals surface area contributed by atoms with Gasteiger partial charge < -0.3 is 20.5 Å². The van der Waals surface area contributed by atoms with Crippen molar-refractivity contribution in [1.29, 1.82) is 0 Å². The van der Waals surface area contributed by atoms with Crippen molar-refractivity contribution in [1.82, 2.24) is 5.32 Å². The quantitative estimate of drug-likeness (QED) is 0.346. The third-order valence-corrected chi connectivity index (χ3v) is 8.04. The van der Waals surface area contributed by atoms with Crippen LogP contribution in [0.2, 0.25) is 0 Å². The molecule has 1 aliphatic heterocycles. The van der Waals surface area contributed by atoms with E-state index in [1.54, 1.807) is 0 Å². The van der Waals surface area contributed by atoms with Gasteiger partial charge in [0.15, 0.2) is 0 Å². The number of rotatable bonds is 3. The topological polar surface area (TPSA) is 67.5 Å². The molecule has 0 saturated carbocycles. The lowest BCUT2D eigenvalue weighted by atomic mass is 9.75. The molecule has 2 aromatic carbocycles. The van der Waals surface area contributed by atoms with Crippen molar-refractivity contribution in [3.05, 3.63) is 59.2 Å². The van der Waals surface area contributed by atoms with Crippen molar-refractivity contribution < 1.29 is 9.42 Å². The Kier molecular flexibility index (Phi) is 9.98. The van der Waals surface area contributed by atoms with Crippen LogP contribution in [0.4, 0.5) is 0 Å². The molecule has 0 radical (unpaired) electrons. The molecule has 1 fully saturated rings. The van der Waals surface area contributed by atoms with E-state index in [2.05, 4.69) is 107 Å². The molecule has 0 aliphatic carbocycles. The molecular weight excluding hydrogens is 487 g/mol. The predicted molar refractivity (Wildman–Crippen MR) is 167 cm³/mol. The van der Waals surface area contributed by atoms with Gasteiger partial charge in [0, 0.05) is 33.6 Å². The van der Waals surface area contributed by atoms with E-state index < -0.39 is 8.38 Å². The number of nitrogens with one attached hydrogen (secondary N) is 1. The zero-order valence-corrected chi connectivity index (χ0v) is 27.3. The van der Waals surface area contributed by atoms with Crippen LogP contribution in [0.3, 0.4) is 0 Å². The molecule has 0 aromatic heterocycles. The summed E-state index contributed by atoms with van der Waals surface area (Å²) in [6.07, 6.45) is 2.16. The normalized spacial score (nSPS) is 18.8. The molecule has 4 N–H and O–H groups in total. The number of benzene rings is 2. The van der Waals surface area contributed by atoms with E-state index >= 15 is 0 Å². The lowest BCUT2D eigenvalue weighted by molar-refractivity contribution is 0.163. The maximum Gasteiger partial charge on any atom is 0.262 e. The average molecular weight is 543 g/mol. The van der Waals surface area contributed by atoms with E-state index in [-0.39, 0.29) is 27.3 Å². The minimum absolute atomic E-state index is 0.0436. The Labute approximate surface area is 235 Å². The van der Waals surface area contributed by atoms with Crippen LogP contribution in [0, 0.1) is 0 Å². The first-order valence-electron chi connectivity index (χ1n) is 14.0. The molecule has 1 aliphatic rings. The average Bonchev–Trinajstić information content (AvgIpc) is 2.69. The summed E-state index contributed by atoms with van der Waals surface area (Å²) in [6, 6.07) is 14.5. The van der Waals surface area contributed by atoms with Gasteiger partial charge in [0.2, 0.25) is 0 Å². The smallest absolute Gasteiger partial charge is 0.262 e. The molecule has 5 heteroatoms. The Morgan fingerprint density at radius 3 is 1.55 bits per heavy atom. The third kappa shape index (κ3) is 9.33. The highest BCUT2D eigenvalue weighted by molar-refractivity contribution is 7.55. The fourth-order valence-corrected chi connectivity index (χ4v) is 6.27. The second kappa shape index (κ2) is 11.6. The first kappa shape index (κ1) is 32.8. The predicted octanol–water partition coefficient (Wildman–Crippen LogP) is 7.84. The Morgan fingerprint density at radius 2 is 1.21 bits per heavy atom. The molecule has 1 atom stereocenters. The van der Waals surface area contributed by atoms with Gasteiger partial charge in [-0.25, -0.2) is 0 Å². The Balaban J connectivity index is 0.000000384. The third-order valence-electron chi connectivity index (χ3n) is 6.95. The van der Waals surface area contributed by atoms with Crippen LogP contribution in [0.5, 0.6) is 5.75 Å². The highest BCUT2D eigenvalue weighted by Crippen LogP contribution is 2.47. The van der Waals surface area contributed by atoms with Crippen molar-refractivity contribution >= 4 is 13.7 Å². The van der Waals surface area contributed by atoms with Crippen molar-refractivity contribution in [2.45, 2.75) is 136 Å². The molecule has 2 aromatic rings. The van der Waals surface area contributed by atoms with Crippen molar-refractivity contribution in [2.24, 2.45) is 5.73 Å². The SMILES string of the molecule is CC(C)(C)c1cc(C(C)(C)C)c(OP(O)c2ccccc2)c(C(C)(C)C)c1.CC1(C)CC(N)CC(C)(C)N1. The molecule has 4 nitrogen and oxygen atoms in total. The first-order chi connectivity index (χ1) is 17.0. The second-order valence-corrected chi connectivity index (χ2v) is 16.7. The Hall–Kier alpha value is -1.45. The van der Waals surface area contributed by atoms with Crippen molar-refractivity contribution in [3.63, 3.8) is 0 Å². The lowest BCUT2D eigenvalue weighted by Crippen LogP contribution is -2.60. The van der Waals surface area contributed by atoms with Gasteiger partial charge in [-0.05, 0) is 74.5 Å². The monoisotopic (exact) mass is 542 g/mol. The second-order valence-electron chi connectivity index (χ2n) is 15.4. The van der Waals surface area contributed by atoms with Crippen LogP contribution in [0.15, 0.2) is 42.5 Å². The van der Waals surface area contributed by atoms with Gasteiger partial charge in [-0.15, -0.1) is 0 Å².